The summed E-state index contributed by atoms with van der Waals surface area (Å²) in [7, 11) is 0. The van der Waals surface area contributed by atoms with Crippen molar-refractivity contribution in [2.75, 3.05) is 13.1 Å². The van der Waals surface area contributed by atoms with Gasteiger partial charge in [0.1, 0.15) is 0 Å². The number of allylic oxidation sites excluding steroid dienone is 5. The maximum atomic E-state index is 5.63. The molecule has 1 unspecified atom stereocenters. The standard InChI is InChI=1S/C15H27N3.Li.H/c16-11-5-1-3-8-14(9-7-12-17)15-10-4-2-6-13-18-15;;/h2,4,6,10,13-14,18H,1,3,5,7-9,11-12,16-17H2;;. The molecule has 0 bridgehead atoms. The van der Waals surface area contributed by atoms with Gasteiger partial charge in [-0.2, -0.15) is 0 Å². The maximum absolute atomic E-state index is 5.63. The molecule has 104 valence electrons. The Morgan fingerprint density at radius 2 is 1.63 bits per heavy atom. The quantitative estimate of drug-likeness (QED) is 0.436. The van der Waals surface area contributed by atoms with Gasteiger partial charge in [0.2, 0.25) is 0 Å². The first-order chi connectivity index (χ1) is 8.88. The minimum absolute atomic E-state index is 0. The number of hydrogen-bond acceptors (Lipinski definition) is 3. The van der Waals surface area contributed by atoms with E-state index in [9.17, 15) is 0 Å². The van der Waals surface area contributed by atoms with Gasteiger partial charge in [-0.15, -0.1) is 0 Å². The molecule has 19 heavy (non-hydrogen) atoms. The summed E-state index contributed by atoms with van der Waals surface area (Å²) in [5, 5.41) is 3.38. The summed E-state index contributed by atoms with van der Waals surface area (Å²) < 4.78 is 0. The Morgan fingerprint density at radius 3 is 2.37 bits per heavy atom. The van der Waals surface area contributed by atoms with Gasteiger partial charge < -0.3 is 16.8 Å². The van der Waals surface area contributed by atoms with E-state index in [1.165, 1.54) is 31.4 Å². The summed E-state index contributed by atoms with van der Waals surface area (Å²) in [6, 6.07) is 0. The second kappa shape index (κ2) is 12.6. The Bertz CT molecular complexity index is 298. The van der Waals surface area contributed by atoms with Gasteiger partial charge >= 0.3 is 18.9 Å². The SMILES string of the molecule is NCCCCCC(CCCN)C1=CC=CC=CN1.[LiH]. The van der Waals surface area contributed by atoms with Crippen LogP contribution in [-0.4, -0.2) is 32.0 Å². The second-order valence-electron chi connectivity index (χ2n) is 4.78. The molecular formula is C15H28LiN3. The summed E-state index contributed by atoms with van der Waals surface area (Å²) in [6.07, 6.45) is 17.5. The van der Waals surface area contributed by atoms with Gasteiger partial charge in [-0.3, -0.25) is 0 Å². The summed E-state index contributed by atoms with van der Waals surface area (Å²) in [5.74, 6) is 0.596. The molecule has 0 aromatic carbocycles. The number of nitrogens with one attached hydrogen (secondary N) is 1. The van der Waals surface area contributed by atoms with Crippen molar-refractivity contribution in [2.45, 2.75) is 38.5 Å². The summed E-state index contributed by atoms with van der Waals surface area (Å²) >= 11 is 0. The van der Waals surface area contributed by atoms with Crippen LogP contribution in [0.5, 0.6) is 0 Å². The second-order valence-corrected chi connectivity index (χ2v) is 4.78. The van der Waals surface area contributed by atoms with Crippen LogP contribution in [-0.2, 0) is 0 Å². The molecule has 1 heterocycles. The zero-order valence-corrected chi connectivity index (χ0v) is 11.3. The van der Waals surface area contributed by atoms with Crippen molar-refractivity contribution in [1.29, 1.82) is 0 Å². The van der Waals surface area contributed by atoms with E-state index in [2.05, 4.69) is 23.5 Å². The third-order valence-electron chi connectivity index (χ3n) is 3.30. The average Bonchev–Trinajstić information content (AvgIpc) is 2.67. The van der Waals surface area contributed by atoms with Crippen molar-refractivity contribution in [3.63, 3.8) is 0 Å². The third-order valence-corrected chi connectivity index (χ3v) is 3.30. The van der Waals surface area contributed by atoms with E-state index in [-0.39, 0.29) is 18.9 Å². The number of unbranched alkanes of at least 4 members (excludes halogenated alkanes) is 2. The Hall–Kier alpha value is -0.463. The van der Waals surface area contributed by atoms with Gasteiger partial charge in [0.25, 0.3) is 0 Å². The fourth-order valence-corrected chi connectivity index (χ4v) is 2.26. The first-order valence-electron chi connectivity index (χ1n) is 7.08. The molecular weight excluding hydrogens is 229 g/mol. The van der Waals surface area contributed by atoms with Crippen molar-refractivity contribution >= 4 is 18.9 Å². The van der Waals surface area contributed by atoms with Gasteiger partial charge in [0, 0.05) is 11.9 Å². The molecule has 1 aliphatic rings. The topological polar surface area (TPSA) is 64.1 Å². The molecule has 0 saturated carbocycles. The molecule has 0 aliphatic carbocycles. The number of nitrogens with two attached hydrogens (primary N) is 2. The normalized spacial score (nSPS) is 15.2. The third kappa shape index (κ3) is 8.34. The molecule has 0 amide bonds. The van der Waals surface area contributed by atoms with Gasteiger partial charge in [0.15, 0.2) is 0 Å². The van der Waals surface area contributed by atoms with E-state index >= 15 is 0 Å². The molecule has 0 saturated heterocycles. The summed E-state index contributed by atoms with van der Waals surface area (Å²) in [6.45, 7) is 1.58. The molecule has 0 spiro atoms. The summed E-state index contributed by atoms with van der Waals surface area (Å²) in [4.78, 5) is 0. The van der Waals surface area contributed by atoms with Crippen molar-refractivity contribution in [1.82, 2.24) is 5.32 Å². The van der Waals surface area contributed by atoms with Crippen LogP contribution in [0.4, 0.5) is 0 Å². The summed E-state index contributed by atoms with van der Waals surface area (Å²) in [5.41, 5.74) is 12.5. The van der Waals surface area contributed by atoms with Gasteiger partial charge in [-0.1, -0.05) is 25.0 Å². The first kappa shape index (κ1) is 18.5. The van der Waals surface area contributed by atoms with Crippen LogP contribution in [0.25, 0.3) is 0 Å². The van der Waals surface area contributed by atoms with Crippen LogP contribution >= 0.6 is 0 Å². The van der Waals surface area contributed by atoms with Gasteiger partial charge in [-0.05, 0) is 56.8 Å². The van der Waals surface area contributed by atoms with Crippen LogP contribution in [0, 0.1) is 5.92 Å². The Labute approximate surface area is 129 Å². The molecule has 0 radical (unpaired) electrons. The van der Waals surface area contributed by atoms with Gasteiger partial charge in [0.05, 0.1) is 0 Å². The zero-order chi connectivity index (χ0) is 13.1. The predicted octanol–water partition coefficient (Wildman–Crippen LogP) is 1.77. The molecule has 1 aliphatic heterocycles. The zero-order valence-electron chi connectivity index (χ0n) is 11.3. The van der Waals surface area contributed by atoms with E-state index in [0.717, 1.165) is 25.9 Å². The minimum atomic E-state index is 0. The molecule has 0 aromatic heterocycles. The Balaban J connectivity index is 0.00000324. The monoisotopic (exact) mass is 257 g/mol. The van der Waals surface area contributed by atoms with Crippen LogP contribution in [0.1, 0.15) is 38.5 Å². The fraction of sp³-hybridized carbons (Fsp3) is 0.600. The number of hydrogen-bond donors (Lipinski definition) is 3. The average molecular weight is 257 g/mol. The Morgan fingerprint density at radius 1 is 0.895 bits per heavy atom. The predicted molar refractivity (Wildman–Crippen MR) is 85.9 cm³/mol. The van der Waals surface area contributed by atoms with E-state index in [1.807, 2.05) is 12.3 Å². The molecule has 5 N–H and O–H groups in total. The molecule has 3 nitrogen and oxygen atoms in total. The molecule has 0 aromatic rings. The van der Waals surface area contributed by atoms with Crippen molar-refractivity contribution in [3.8, 4) is 0 Å². The molecule has 4 heteroatoms. The Kier molecular flexibility index (Phi) is 12.3. The van der Waals surface area contributed by atoms with Crippen molar-refractivity contribution in [3.05, 3.63) is 36.2 Å². The van der Waals surface area contributed by atoms with Crippen molar-refractivity contribution in [2.24, 2.45) is 17.4 Å². The van der Waals surface area contributed by atoms with Crippen molar-refractivity contribution < 1.29 is 0 Å². The molecule has 1 rings (SSSR count). The van der Waals surface area contributed by atoms with Crippen LogP contribution in [0.2, 0.25) is 0 Å². The van der Waals surface area contributed by atoms with E-state index < -0.39 is 0 Å². The number of rotatable bonds is 9. The van der Waals surface area contributed by atoms with Gasteiger partial charge in [-0.25, -0.2) is 0 Å². The van der Waals surface area contributed by atoms with Crippen LogP contribution in [0.3, 0.4) is 0 Å². The molecule has 1 atom stereocenters. The van der Waals surface area contributed by atoms with E-state index in [0.29, 0.717) is 5.92 Å². The molecule has 0 fully saturated rings. The van der Waals surface area contributed by atoms with E-state index in [1.54, 1.807) is 0 Å². The van der Waals surface area contributed by atoms with Crippen LogP contribution < -0.4 is 16.8 Å². The van der Waals surface area contributed by atoms with Crippen LogP contribution in [0.15, 0.2) is 36.2 Å². The first-order valence-corrected chi connectivity index (χ1v) is 7.08. The van der Waals surface area contributed by atoms with E-state index in [4.69, 9.17) is 11.5 Å². The fourth-order valence-electron chi connectivity index (χ4n) is 2.26.